The zero-order valence-electron chi connectivity index (χ0n) is 45.1. The molecule has 4 aromatic carbocycles. The number of alkyl halides is 3. The number of hydrogen-bond donors (Lipinski definition) is 3. The number of piperidine rings is 1. The van der Waals surface area contributed by atoms with E-state index in [1.165, 1.54) is 29.0 Å². The highest BCUT2D eigenvalue weighted by molar-refractivity contribution is 7.92. The highest BCUT2D eigenvalue weighted by Crippen LogP contribution is 2.44. The van der Waals surface area contributed by atoms with Crippen molar-refractivity contribution < 1.29 is 49.1 Å². The van der Waals surface area contributed by atoms with Gasteiger partial charge in [0.2, 0.25) is 0 Å². The Labute approximate surface area is 470 Å². The smallest absolute Gasteiger partial charge is 0.466 e. The van der Waals surface area contributed by atoms with Crippen molar-refractivity contribution >= 4 is 82.7 Å². The van der Waals surface area contributed by atoms with E-state index in [2.05, 4.69) is 56.0 Å². The van der Waals surface area contributed by atoms with Crippen molar-refractivity contribution in [2.24, 2.45) is 11.3 Å². The third kappa shape index (κ3) is 13.5. The first kappa shape index (κ1) is 57.9. The molecule has 16 nitrogen and oxygen atoms in total. The van der Waals surface area contributed by atoms with Crippen molar-refractivity contribution in [2.75, 3.05) is 92.6 Å². The second-order valence-electron chi connectivity index (χ2n) is 21.3. The number of carbonyl (C=O) groups is 2. The van der Waals surface area contributed by atoms with Crippen LogP contribution < -0.4 is 29.5 Å². The maximum absolute atomic E-state index is 14.3. The molecule has 1 aliphatic carbocycles. The first-order valence-corrected chi connectivity index (χ1v) is 30.1. The van der Waals surface area contributed by atoms with Crippen molar-refractivity contribution in [2.45, 2.75) is 74.6 Å². The van der Waals surface area contributed by atoms with E-state index >= 15 is 0 Å². The van der Waals surface area contributed by atoms with Gasteiger partial charge in [-0.15, -0.1) is 0 Å². The van der Waals surface area contributed by atoms with Crippen LogP contribution in [0.5, 0.6) is 11.5 Å². The molecule has 0 atom stereocenters. The molecule has 0 unspecified atom stereocenters. The summed E-state index contributed by atoms with van der Waals surface area (Å²) in [5.41, 5.74) is 0.801. The Hall–Kier alpha value is -6.81. The number of nitrogens with one attached hydrogen (secondary N) is 3. The van der Waals surface area contributed by atoms with E-state index < -0.39 is 46.8 Å². The number of fused-ring (bicyclic) bond motifs is 1. The SMILES string of the molecule is CCOC(=O)C1CCN(c2ccc(N(C)CCCNc3ccc(S(=O)(=O)NC(=O)c4ccc(N5CCN(CC6=C(c7ccc(Cl)cc7)CC(C)(C)CC6)CC5)cc4Oc4cnc5[nH]ccc5c4)cc3S(=O)(=O)C(F)(F)F)cc2)CC1. The number of nitrogens with zero attached hydrogens (tertiary/aromatic N) is 5. The van der Waals surface area contributed by atoms with E-state index in [1.54, 1.807) is 37.4 Å². The van der Waals surface area contributed by atoms with Crippen LogP contribution in [0.25, 0.3) is 16.6 Å². The molecule has 0 saturated carbocycles. The van der Waals surface area contributed by atoms with Crippen LogP contribution in [0.3, 0.4) is 0 Å². The Morgan fingerprint density at radius 2 is 1.57 bits per heavy atom. The van der Waals surface area contributed by atoms with Gasteiger partial charge in [-0.25, -0.2) is 26.5 Å². The van der Waals surface area contributed by atoms with Gasteiger partial charge in [-0.05, 0) is 141 Å². The lowest BCUT2D eigenvalue weighted by atomic mass is 9.72. The number of rotatable bonds is 19. The number of sulfonamides is 1. The molecule has 0 spiro atoms. The number of anilines is 4. The summed E-state index contributed by atoms with van der Waals surface area (Å²) < 4.78 is 110. The van der Waals surface area contributed by atoms with Gasteiger partial charge >= 0.3 is 11.5 Å². The summed E-state index contributed by atoms with van der Waals surface area (Å²) in [6.45, 7) is 12.2. The van der Waals surface area contributed by atoms with Crippen molar-refractivity contribution in [3.05, 3.63) is 131 Å². The van der Waals surface area contributed by atoms with Gasteiger partial charge < -0.3 is 34.5 Å². The first-order chi connectivity index (χ1) is 38.1. The van der Waals surface area contributed by atoms with Gasteiger partial charge in [0.05, 0.1) is 34.9 Å². The molecule has 6 aromatic rings. The van der Waals surface area contributed by atoms with Crippen molar-refractivity contribution in [1.82, 2.24) is 19.6 Å². The summed E-state index contributed by atoms with van der Waals surface area (Å²) in [5, 5.41) is 4.16. The third-order valence-electron chi connectivity index (χ3n) is 15.2. The van der Waals surface area contributed by atoms with Crippen LogP contribution in [0.4, 0.5) is 35.9 Å². The molecule has 3 aliphatic rings. The normalized spacial score (nSPS) is 16.6. The molecule has 2 saturated heterocycles. The molecule has 22 heteroatoms. The largest absolute Gasteiger partial charge is 0.501 e. The van der Waals surface area contributed by atoms with E-state index in [4.69, 9.17) is 21.1 Å². The lowest BCUT2D eigenvalue weighted by molar-refractivity contribution is -0.148. The van der Waals surface area contributed by atoms with Gasteiger partial charge in [-0.2, -0.15) is 13.2 Å². The van der Waals surface area contributed by atoms with Crippen LogP contribution in [0.2, 0.25) is 5.02 Å². The molecule has 0 bridgehead atoms. The molecule has 2 aromatic heterocycles. The molecule has 1 amide bonds. The summed E-state index contributed by atoms with van der Waals surface area (Å²) in [7, 11) is -9.28. The number of benzene rings is 4. The number of halogens is 4. The number of ether oxygens (including phenoxy) is 2. The predicted molar refractivity (Wildman–Crippen MR) is 306 cm³/mol. The molecule has 9 rings (SSSR count). The number of piperazine rings is 1. The van der Waals surface area contributed by atoms with Crippen LogP contribution in [-0.2, 0) is 29.4 Å². The minimum Gasteiger partial charge on any atom is -0.466 e. The van der Waals surface area contributed by atoms with E-state index in [0.29, 0.717) is 86.4 Å². The summed E-state index contributed by atoms with van der Waals surface area (Å²) in [4.78, 5) is 40.2. The van der Waals surface area contributed by atoms with Crippen molar-refractivity contribution in [1.29, 1.82) is 0 Å². The van der Waals surface area contributed by atoms with E-state index in [0.717, 1.165) is 62.4 Å². The number of H-pyrrole nitrogens is 1. The Balaban J connectivity index is 0.878. The van der Waals surface area contributed by atoms with Gasteiger partial charge in [0.15, 0.2) is 0 Å². The number of aromatic amines is 1. The van der Waals surface area contributed by atoms with Gasteiger partial charge in [0, 0.05) is 106 Å². The third-order valence-corrected chi connectivity index (χ3v) is 18.3. The topological polar surface area (TPSA) is 187 Å². The Kier molecular flexibility index (Phi) is 17.4. The number of carbonyl (C=O) groups excluding carboxylic acids is 2. The number of aromatic nitrogens is 2. The van der Waals surface area contributed by atoms with Crippen LogP contribution in [0.1, 0.15) is 75.2 Å². The molecule has 2 aliphatic heterocycles. The summed E-state index contributed by atoms with van der Waals surface area (Å²) >= 11 is 6.25. The van der Waals surface area contributed by atoms with Gasteiger partial charge in [0.1, 0.15) is 22.0 Å². The number of amides is 1. The number of esters is 1. The van der Waals surface area contributed by atoms with Crippen LogP contribution >= 0.6 is 11.6 Å². The number of pyridine rings is 1. The highest BCUT2D eigenvalue weighted by atomic mass is 35.5. The van der Waals surface area contributed by atoms with Crippen LogP contribution in [0, 0.1) is 11.3 Å². The second-order valence-corrected chi connectivity index (χ2v) is 25.4. The fourth-order valence-electron chi connectivity index (χ4n) is 10.6. The lowest BCUT2D eigenvalue weighted by Crippen LogP contribution is -2.47. The highest BCUT2D eigenvalue weighted by Gasteiger charge is 2.48. The second kappa shape index (κ2) is 24.1. The average Bonchev–Trinajstić information content (AvgIpc) is 3.97. The van der Waals surface area contributed by atoms with E-state index in [9.17, 15) is 39.6 Å². The standard InChI is InChI=1S/C58H66ClF3N8O8S2/c1-5-77-56(72)40-21-27-69(28-22-40)45-13-11-44(12-14-45)67(4)26-6-24-63-51-18-16-48(35-53(51)79(73,74)58(60,61)62)80(75,76)66-55(71)49-17-15-46(34-52(49)78-47-33-41-20-25-64-54(41)65-37-47)70-31-29-68(30-32-70)38-42-19-23-57(2,3)36-50(42)39-7-9-43(59)10-8-39/h7-18,20,25,33-35,37,40,63H,5-6,19,21-24,26-32,36,38H2,1-4H3,(H,64,65)(H,66,71). The van der Waals surface area contributed by atoms with Gasteiger partial charge in [-0.3, -0.25) is 14.5 Å². The van der Waals surface area contributed by atoms with Crippen LogP contribution in [-0.4, -0.2) is 122 Å². The minimum absolute atomic E-state index is 0.0187. The summed E-state index contributed by atoms with van der Waals surface area (Å²) in [6, 6.07) is 26.3. The fraction of sp³-hybridized carbons (Fsp3) is 0.397. The summed E-state index contributed by atoms with van der Waals surface area (Å²) in [5.74, 6) is -1.24. The molecule has 426 valence electrons. The van der Waals surface area contributed by atoms with Crippen LogP contribution in [0.15, 0.2) is 125 Å². The molecule has 0 radical (unpaired) electrons. The lowest BCUT2D eigenvalue weighted by Gasteiger charge is -2.39. The monoisotopic (exact) mass is 1160 g/mol. The molecule has 2 fully saturated rings. The fourth-order valence-corrected chi connectivity index (χ4v) is 12.8. The first-order valence-electron chi connectivity index (χ1n) is 26.8. The summed E-state index contributed by atoms with van der Waals surface area (Å²) in [6.07, 6.45) is 7.92. The van der Waals surface area contributed by atoms with E-state index in [1.807, 2.05) is 53.1 Å². The van der Waals surface area contributed by atoms with Gasteiger partial charge in [0.25, 0.3) is 25.8 Å². The molecule has 4 heterocycles. The zero-order chi connectivity index (χ0) is 57.0. The zero-order valence-corrected chi connectivity index (χ0v) is 47.5. The number of sulfone groups is 1. The molecular formula is C58H66ClF3N8O8S2. The number of allylic oxidation sites excluding steroid dienone is 1. The molecule has 80 heavy (non-hydrogen) atoms. The van der Waals surface area contributed by atoms with E-state index in [-0.39, 0.29) is 40.9 Å². The maximum Gasteiger partial charge on any atom is 0.501 e. The van der Waals surface area contributed by atoms with Crippen molar-refractivity contribution in [3.8, 4) is 11.5 Å². The predicted octanol–water partition coefficient (Wildman–Crippen LogP) is 10.9. The molecular weight excluding hydrogens is 1090 g/mol. The Morgan fingerprint density at radius 1 is 0.875 bits per heavy atom. The number of hydrogen-bond acceptors (Lipinski definition) is 14. The Bertz CT molecular complexity index is 3470. The average molecular weight is 1160 g/mol. The minimum atomic E-state index is -6.11. The molecule has 3 N–H and O–H groups in total. The van der Waals surface area contributed by atoms with Crippen molar-refractivity contribution in [3.63, 3.8) is 0 Å². The Morgan fingerprint density at radius 3 is 2.27 bits per heavy atom. The quantitative estimate of drug-likeness (QED) is 0.0514. The maximum atomic E-state index is 14.3. The van der Waals surface area contributed by atoms with Gasteiger partial charge in [-0.1, -0.05) is 43.2 Å².